The molecule has 1 saturated carbocycles. The van der Waals surface area contributed by atoms with Crippen molar-refractivity contribution in [2.75, 3.05) is 0 Å². The average Bonchev–Trinajstić information content (AvgIpc) is 2.44. The molecule has 0 spiro atoms. The lowest BCUT2D eigenvalue weighted by atomic mass is 9.75. The molecule has 1 rings (SSSR count). The monoisotopic (exact) mass is 210 g/mol. The standard InChI is InChI=1S/C14H26O/c1-5-13(15)8-6-7-12-10-9-11(2)14(12,3)4/h6,8,11-13,15H,5,7,9-10H2,1-4H3/b8-6+. The molecule has 0 aliphatic heterocycles. The predicted molar refractivity (Wildman–Crippen MR) is 65.7 cm³/mol. The van der Waals surface area contributed by atoms with E-state index in [-0.39, 0.29) is 6.10 Å². The van der Waals surface area contributed by atoms with E-state index in [4.69, 9.17) is 0 Å². The minimum Gasteiger partial charge on any atom is -0.389 e. The van der Waals surface area contributed by atoms with Gasteiger partial charge in [0.25, 0.3) is 0 Å². The molecule has 0 saturated heterocycles. The molecule has 0 radical (unpaired) electrons. The Labute approximate surface area is 94.6 Å². The second kappa shape index (κ2) is 5.16. The number of aliphatic hydroxyl groups excluding tert-OH is 1. The van der Waals surface area contributed by atoms with Crippen molar-refractivity contribution in [2.45, 2.75) is 59.5 Å². The molecule has 3 atom stereocenters. The number of rotatable bonds is 4. The van der Waals surface area contributed by atoms with Gasteiger partial charge in [0.2, 0.25) is 0 Å². The van der Waals surface area contributed by atoms with Gasteiger partial charge in [-0.15, -0.1) is 0 Å². The lowest BCUT2D eigenvalue weighted by molar-refractivity contribution is 0.197. The maximum Gasteiger partial charge on any atom is 0.0718 e. The van der Waals surface area contributed by atoms with E-state index in [0.29, 0.717) is 5.41 Å². The first-order valence-corrected chi connectivity index (χ1v) is 6.33. The summed E-state index contributed by atoms with van der Waals surface area (Å²) < 4.78 is 0. The summed E-state index contributed by atoms with van der Waals surface area (Å²) >= 11 is 0. The molecule has 0 aromatic heterocycles. The fraction of sp³-hybridized carbons (Fsp3) is 0.857. The highest BCUT2D eigenvalue weighted by Gasteiger charge is 2.39. The fourth-order valence-electron chi connectivity index (χ4n) is 2.56. The molecule has 0 bridgehead atoms. The first kappa shape index (κ1) is 12.8. The lowest BCUT2D eigenvalue weighted by Gasteiger charge is -2.30. The molecule has 0 amide bonds. The fourth-order valence-corrected chi connectivity index (χ4v) is 2.56. The zero-order chi connectivity index (χ0) is 11.5. The van der Waals surface area contributed by atoms with E-state index in [2.05, 4.69) is 26.8 Å². The van der Waals surface area contributed by atoms with Gasteiger partial charge >= 0.3 is 0 Å². The highest BCUT2D eigenvalue weighted by molar-refractivity contribution is 4.96. The van der Waals surface area contributed by atoms with Crippen LogP contribution in [0.1, 0.15) is 53.4 Å². The molecule has 1 nitrogen and oxygen atoms in total. The van der Waals surface area contributed by atoms with Crippen molar-refractivity contribution in [2.24, 2.45) is 17.3 Å². The molecule has 1 aliphatic carbocycles. The van der Waals surface area contributed by atoms with E-state index in [1.54, 1.807) is 0 Å². The maximum atomic E-state index is 9.43. The zero-order valence-corrected chi connectivity index (χ0v) is 10.7. The lowest BCUT2D eigenvalue weighted by Crippen LogP contribution is -2.22. The van der Waals surface area contributed by atoms with Gasteiger partial charge in [-0.25, -0.2) is 0 Å². The quantitative estimate of drug-likeness (QED) is 0.700. The van der Waals surface area contributed by atoms with E-state index in [0.717, 1.165) is 24.7 Å². The van der Waals surface area contributed by atoms with Gasteiger partial charge < -0.3 is 5.11 Å². The summed E-state index contributed by atoms with van der Waals surface area (Å²) in [6.45, 7) is 9.15. The van der Waals surface area contributed by atoms with Crippen molar-refractivity contribution < 1.29 is 5.11 Å². The summed E-state index contributed by atoms with van der Waals surface area (Å²) in [5, 5.41) is 9.43. The molecule has 1 N–H and O–H groups in total. The molecular formula is C14H26O. The van der Waals surface area contributed by atoms with Gasteiger partial charge in [-0.2, -0.15) is 0 Å². The Bertz CT molecular complexity index is 217. The molecule has 1 heteroatoms. The van der Waals surface area contributed by atoms with Gasteiger partial charge in [0.05, 0.1) is 6.10 Å². The molecule has 3 unspecified atom stereocenters. The van der Waals surface area contributed by atoms with Crippen molar-refractivity contribution in [1.82, 2.24) is 0 Å². The summed E-state index contributed by atoms with van der Waals surface area (Å²) in [6, 6.07) is 0. The molecular weight excluding hydrogens is 184 g/mol. The third-order valence-corrected chi connectivity index (χ3v) is 4.47. The van der Waals surface area contributed by atoms with Gasteiger partial charge in [0.15, 0.2) is 0 Å². The number of allylic oxidation sites excluding steroid dienone is 1. The van der Waals surface area contributed by atoms with Gasteiger partial charge in [0, 0.05) is 0 Å². The van der Waals surface area contributed by atoms with E-state index >= 15 is 0 Å². The minimum absolute atomic E-state index is 0.244. The van der Waals surface area contributed by atoms with Crippen LogP contribution in [0.2, 0.25) is 0 Å². The van der Waals surface area contributed by atoms with Crippen LogP contribution < -0.4 is 0 Å². The van der Waals surface area contributed by atoms with Crippen LogP contribution in [0.25, 0.3) is 0 Å². The Morgan fingerprint density at radius 3 is 2.53 bits per heavy atom. The molecule has 15 heavy (non-hydrogen) atoms. The summed E-state index contributed by atoms with van der Waals surface area (Å²) in [7, 11) is 0. The SMILES string of the molecule is CCC(O)/C=C/CC1CCC(C)C1(C)C. The Kier molecular flexibility index (Phi) is 4.39. The molecule has 1 aliphatic rings. The molecule has 88 valence electrons. The average molecular weight is 210 g/mol. The van der Waals surface area contributed by atoms with E-state index in [9.17, 15) is 5.11 Å². The minimum atomic E-state index is -0.244. The Morgan fingerprint density at radius 1 is 1.40 bits per heavy atom. The summed E-state index contributed by atoms with van der Waals surface area (Å²) in [6.07, 6.45) is 8.56. The van der Waals surface area contributed by atoms with Crippen LogP contribution in [-0.4, -0.2) is 11.2 Å². The van der Waals surface area contributed by atoms with Crippen molar-refractivity contribution in [1.29, 1.82) is 0 Å². The van der Waals surface area contributed by atoms with Crippen LogP contribution in [-0.2, 0) is 0 Å². The van der Waals surface area contributed by atoms with E-state index in [1.807, 2.05) is 13.0 Å². The Hall–Kier alpha value is -0.300. The second-order valence-electron chi connectivity index (χ2n) is 5.64. The Morgan fingerprint density at radius 2 is 2.07 bits per heavy atom. The van der Waals surface area contributed by atoms with E-state index < -0.39 is 0 Å². The largest absolute Gasteiger partial charge is 0.389 e. The smallest absolute Gasteiger partial charge is 0.0718 e. The van der Waals surface area contributed by atoms with Crippen LogP contribution in [0, 0.1) is 17.3 Å². The first-order chi connectivity index (χ1) is 6.98. The van der Waals surface area contributed by atoms with Crippen LogP contribution in [0.15, 0.2) is 12.2 Å². The number of hydrogen-bond acceptors (Lipinski definition) is 1. The Balaban J connectivity index is 2.43. The molecule has 0 aromatic rings. The van der Waals surface area contributed by atoms with E-state index in [1.165, 1.54) is 12.8 Å². The summed E-state index contributed by atoms with van der Waals surface area (Å²) in [5.74, 6) is 1.64. The van der Waals surface area contributed by atoms with Crippen molar-refractivity contribution in [3.8, 4) is 0 Å². The number of aliphatic hydroxyl groups is 1. The molecule has 1 fully saturated rings. The third-order valence-electron chi connectivity index (χ3n) is 4.47. The van der Waals surface area contributed by atoms with Crippen molar-refractivity contribution in [3.05, 3.63) is 12.2 Å². The number of hydrogen-bond donors (Lipinski definition) is 1. The highest BCUT2D eigenvalue weighted by atomic mass is 16.3. The summed E-state index contributed by atoms with van der Waals surface area (Å²) in [4.78, 5) is 0. The first-order valence-electron chi connectivity index (χ1n) is 6.33. The molecule has 0 heterocycles. The van der Waals surface area contributed by atoms with Gasteiger partial charge in [0.1, 0.15) is 0 Å². The predicted octanol–water partition coefficient (Wildman–Crippen LogP) is 3.78. The van der Waals surface area contributed by atoms with Crippen LogP contribution in [0.4, 0.5) is 0 Å². The third kappa shape index (κ3) is 3.07. The van der Waals surface area contributed by atoms with Gasteiger partial charge in [-0.3, -0.25) is 0 Å². The van der Waals surface area contributed by atoms with Gasteiger partial charge in [-0.05, 0) is 42.9 Å². The van der Waals surface area contributed by atoms with Crippen LogP contribution in [0.3, 0.4) is 0 Å². The second-order valence-corrected chi connectivity index (χ2v) is 5.64. The highest BCUT2D eigenvalue weighted by Crippen LogP contribution is 2.48. The van der Waals surface area contributed by atoms with Crippen LogP contribution >= 0.6 is 0 Å². The van der Waals surface area contributed by atoms with Crippen molar-refractivity contribution >= 4 is 0 Å². The normalized spacial score (nSPS) is 32.3. The van der Waals surface area contributed by atoms with Crippen molar-refractivity contribution in [3.63, 3.8) is 0 Å². The zero-order valence-electron chi connectivity index (χ0n) is 10.7. The van der Waals surface area contributed by atoms with Gasteiger partial charge in [-0.1, -0.05) is 39.8 Å². The van der Waals surface area contributed by atoms with Crippen LogP contribution in [0.5, 0.6) is 0 Å². The molecule has 0 aromatic carbocycles. The summed E-state index contributed by atoms with van der Waals surface area (Å²) in [5.41, 5.74) is 0.474. The maximum absolute atomic E-state index is 9.43. The topological polar surface area (TPSA) is 20.2 Å².